The molecule has 1 amide bonds. The van der Waals surface area contributed by atoms with Gasteiger partial charge in [0.1, 0.15) is 5.82 Å². The number of thioether (sulfide) groups is 1. The van der Waals surface area contributed by atoms with Crippen LogP contribution in [0, 0.1) is 0 Å². The zero-order valence-corrected chi connectivity index (χ0v) is 18.3. The lowest BCUT2D eigenvalue weighted by Gasteiger charge is -2.36. The summed E-state index contributed by atoms with van der Waals surface area (Å²) in [7, 11) is 0. The Morgan fingerprint density at radius 1 is 0.903 bits per heavy atom. The molecule has 0 unspecified atom stereocenters. The fraction of sp³-hybridized carbons (Fsp3) is 0.280. The van der Waals surface area contributed by atoms with Gasteiger partial charge in [0.15, 0.2) is 0 Å². The molecule has 6 heteroatoms. The molecule has 5 nitrogen and oxygen atoms in total. The molecule has 2 aliphatic rings. The molecule has 0 aliphatic carbocycles. The molecule has 2 aromatic carbocycles. The molecule has 1 saturated heterocycles. The van der Waals surface area contributed by atoms with Gasteiger partial charge < -0.3 is 14.7 Å². The third kappa shape index (κ3) is 4.39. The first-order valence-corrected chi connectivity index (χ1v) is 11.8. The second kappa shape index (κ2) is 9.02. The standard InChI is InChI=1S/C25H26N4OS/c30-25(28-14-12-27(13-15-28)24-8-4-5-11-26-24)21-9-10-23-22(18-21)29(16-17-31-23)19-20-6-2-1-3-7-20/h1-11,18H,12-17,19H2. The Bertz CT molecular complexity index is 1040. The molecule has 5 rings (SSSR count). The van der Waals surface area contributed by atoms with Crippen LogP contribution in [0.1, 0.15) is 15.9 Å². The van der Waals surface area contributed by atoms with Crippen LogP contribution in [0.5, 0.6) is 0 Å². The van der Waals surface area contributed by atoms with Crippen LogP contribution in [0.15, 0.2) is 77.8 Å². The van der Waals surface area contributed by atoms with Gasteiger partial charge in [0, 0.05) is 61.7 Å². The smallest absolute Gasteiger partial charge is 0.254 e. The Kier molecular flexibility index (Phi) is 5.80. The molecule has 0 atom stereocenters. The first kappa shape index (κ1) is 19.9. The van der Waals surface area contributed by atoms with Gasteiger partial charge in [-0.25, -0.2) is 4.98 Å². The highest BCUT2D eigenvalue weighted by Crippen LogP contribution is 2.36. The monoisotopic (exact) mass is 430 g/mol. The number of piperazine rings is 1. The molecule has 0 bridgehead atoms. The van der Waals surface area contributed by atoms with E-state index in [9.17, 15) is 4.79 Å². The van der Waals surface area contributed by atoms with Crippen LogP contribution in [0.4, 0.5) is 11.5 Å². The normalized spacial score (nSPS) is 16.2. The van der Waals surface area contributed by atoms with Crippen LogP contribution in [-0.2, 0) is 6.54 Å². The van der Waals surface area contributed by atoms with Gasteiger partial charge in [0.2, 0.25) is 0 Å². The van der Waals surface area contributed by atoms with E-state index in [0.29, 0.717) is 0 Å². The third-order valence-electron chi connectivity index (χ3n) is 5.92. The molecular weight excluding hydrogens is 404 g/mol. The van der Waals surface area contributed by atoms with Crippen LogP contribution in [0.2, 0.25) is 0 Å². The van der Waals surface area contributed by atoms with E-state index in [1.165, 1.54) is 16.1 Å². The fourth-order valence-electron chi connectivity index (χ4n) is 4.24. The number of anilines is 2. The highest BCUT2D eigenvalue weighted by molar-refractivity contribution is 7.99. The van der Waals surface area contributed by atoms with E-state index in [1.807, 2.05) is 53.2 Å². The zero-order valence-electron chi connectivity index (χ0n) is 17.5. The second-order valence-corrected chi connectivity index (χ2v) is 9.04. The van der Waals surface area contributed by atoms with Crippen LogP contribution < -0.4 is 9.80 Å². The third-order valence-corrected chi connectivity index (χ3v) is 6.96. The predicted octanol–water partition coefficient (Wildman–Crippen LogP) is 4.16. The van der Waals surface area contributed by atoms with Crippen molar-refractivity contribution < 1.29 is 4.79 Å². The number of rotatable bonds is 4. The van der Waals surface area contributed by atoms with Gasteiger partial charge in [-0.2, -0.15) is 0 Å². The van der Waals surface area contributed by atoms with Gasteiger partial charge in [0.05, 0.1) is 5.69 Å². The molecule has 1 fully saturated rings. The maximum atomic E-state index is 13.3. The van der Waals surface area contributed by atoms with E-state index in [0.717, 1.165) is 56.4 Å². The summed E-state index contributed by atoms with van der Waals surface area (Å²) in [5, 5.41) is 0. The molecular formula is C25H26N4OS. The van der Waals surface area contributed by atoms with Gasteiger partial charge >= 0.3 is 0 Å². The van der Waals surface area contributed by atoms with Crippen molar-refractivity contribution in [2.45, 2.75) is 11.4 Å². The Labute approximate surface area is 187 Å². The first-order valence-electron chi connectivity index (χ1n) is 10.8. The minimum atomic E-state index is 0.124. The predicted molar refractivity (Wildman–Crippen MR) is 127 cm³/mol. The number of benzene rings is 2. The van der Waals surface area contributed by atoms with Crippen LogP contribution in [0.3, 0.4) is 0 Å². The molecule has 158 valence electrons. The summed E-state index contributed by atoms with van der Waals surface area (Å²) < 4.78 is 0. The van der Waals surface area contributed by atoms with Gasteiger partial charge in [-0.15, -0.1) is 11.8 Å². The van der Waals surface area contributed by atoms with Crippen LogP contribution in [0.25, 0.3) is 0 Å². The fourth-order valence-corrected chi connectivity index (χ4v) is 5.27. The number of hydrogen-bond donors (Lipinski definition) is 0. The molecule has 1 aromatic heterocycles. The minimum absolute atomic E-state index is 0.124. The van der Waals surface area contributed by atoms with E-state index in [-0.39, 0.29) is 5.91 Å². The minimum Gasteiger partial charge on any atom is -0.365 e. The summed E-state index contributed by atoms with van der Waals surface area (Å²) in [5.74, 6) is 2.18. The van der Waals surface area contributed by atoms with Crippen molar-refractivity contribution in [2.75, 3.05) is 48.3 Å². The molecule has 31 heavy (non-hydrogen) atoms. The number of aromatic nitrogens is 1. The largest absolute Gasteiger partial charge is 0.365 e. The highest BCUT2D eigenvalue weighted by Gasteiger charge is 2.25. The average molecular weight is 431 g/mol. The summed E-state index contributed by atoms with van der Waals surface area (Å²) >= 11 is 1.88. The Balaban J connectivity index is 1.30. The molecule has 3 aromatic rings. The summed E-state index contributed by atoms with van der Waals surface area (Å²) in [6.45, 7) is 4.92. The van der Waals surface area contributed by atoms with Crippen molar-refractivity contribution in [1.82, 2.24) is 9.88 Å². The van der Waals surface area contributed by atoms with Crippen molar-refractivity contribution in [1.29, 1.82) is 0 Å². The van der Waals surface area contributed by atoms with Gasteiger partial charge in [-0.1, -0.05) is 36.4 Å². The lowest BCUT2D eigenvalue weighted by Crippen LogP contribution is -2.49. The molecule has 0 saturated carbocycles. The van der Waals surface area contributed by atoms with E-state index < -0.39 is 0 Å². The molecule has 3 heterocycles. The van der Waals surface area contributed by atoms with Crippen molar-refractivity contribution in [3.8, 4) is 0 Å². The number of fused-ring (bicyclic) bond motifs is 1. The van der Waals surface area contributed by atoms with Crippen LogP contribution in [-0.4, -0.2) is 54.3 Å². The molecule has 0 N–H and O–H groups in total. The van der Waals surface area contributed by atoms with E-state index in [4.69, 9.17) is 0 Å². The summed E-state index contributed by atoms with van der Waals surface area (Å²) in [6, 6.07) is 22.7. The summed E-state index contributed by atoms with van der Waals surface area (Å²) in [4.78, 5) is 25.6. The zero-order chi connectivity index (χ0) is 21.0. The van der Waals surface area contributed by atoms with Crippen molar-refractivity contribution in [2.24, 2.45) is 0 Å². The van der Waals surface area contributed by atoms with Crippen molar-refractivity contribution in [3.05, 3.63) is 84.1 Å². The lowest BCUT2D eigenvalue weighted by molar-refractivity contribution is 0.0746. The Morgan fingerprint density at radius 3 is 2.48 bits per heavy atom. The summed E-state index contributed by atoms with van der Waals surface area (Å²) in [5.41, 5.74) is 3.26. The molecule has 2 aliphatic heterocycles. The van der Waals surface area contributed by atoms with Gasteiger partial charge in [-0.3, -0.25) is 4.79 Å². The van der Waals surface area contributed by atoms with E-state index >= 15 is 0 Å². The number of carbonyl (C=O) groups excluding carboxylic acids is 1. The van der Waals surface area contributed by atoms with Crippen LogP contribution >= 0.6 is 11.8 Å². The second-order valence-electron chi connectivity index (χ2n) is 7.91. The van der Waals surface area contributed by atoms with Gasteiger partial charge in [-0.05, 0) is 35.9 Å². The topological polar surface area (TPSA) is 39.7 Å². The quantitative estimate of drug-likeness (QED) is 0.622. The maximum absolute atomic E-state index is 13.3. The number of hydrogen-bond acceptors (Lipinski definition) is 5. The van der Waals surface area contributed by atoms with Crippen molar-refractivity contribution in [3.63, 3.8) is 0 Å². The molecule has 0 spiro atoms. The number of nitrogens with zero attached hydrogens (tertiary/aromatic N) is 4. The Hall–Kier alpha value is -2.99. The highest BCUT2D eigenvalue weighted by atomic mass is 32.2. The van der Waals surface area contributed by atoms with Gasteiger partial charge in [0.25, 0.3) is 5.91 Å². The number of pyridine rings is 1. The van der Waals surface area contributed by atoms with Crippen molar-refractivity contribution >= 4 is 29.2 Å². The SMILES string of the molecule is O=C(c1ccc2c(c1)N(Cc1ccccc1)CCS2)N1CCN(c2ccccn2)CC1. The first-order chi connectivity index (χ1) is 15.3. The van der Waals surface area contributed by atoms with E-state index in [1.54, 1.807) is 0 Å². The summed E-state index contributed by atoms with van der Waals surface area (Å²) in [6.07, 6.45) is 1.82. The lowest BCUT2D eigenvalue weighted by atomic mass is 10.1. The average Bonchev–Trinajstić information content (AvgIpc) is 2.85. The molecule has 0 radical (unpaired) electrons. The van der Waals surface area contributed by atoms with E-state index in [2.05, 4.69) is 51.2 Å². The number of carbonyl (C=O) groups is 1. The number of amides is 1. The Morgan fingerprint density at radius 2 is 1.71 bits per heavy atom. The maximum Gasteiger partial charge on any atom is 0.254 e.